The first kappa shape index (κ1) is 26.3. The molecule has 1 saturated heterocycles. The van der Waals surface area contributed by atoms with Gasteiger partial charge >= 0.3 is 0 Å². The largest absolute Gasteiger partial charge is 0.494 e. The maximum Gasteiger partial charge on any atom is 0.254 e. The zero-order chi connectivity index (χ0) is 26.4. The molecule has 0 bridgehead atoms. The van der Waals surface area contributed by atoms with Crippen LogP contribution >= 0.6 is 11.6 Å². The molecule has 1 aromatic heterocycles. The number of furan rings is 1. The summed E-state index contributed by atoms with van der Waals surface area (Å²) in [5, 5.41) is 0.548. The first-order valence-electron chi connectivity index (χ1n) is 12.2. The average molecular weight is 524 g/mol. The van der Waals surface area contributed by atoms with Crippen LogP contribution in [0.4, 0.5) is 5.69 Å². The minimum absolute atomic E-state index is 0.0721. The van der Waals surface area contributed by atoms with Gasteiger partial charge in [-0.25, -0.2) is 0 Å². The average Bonchev–Trinajstić information content (AvgIpc) is 3.55. The number of carbonyl (C=O) groups is 3. The van der Waals surface area contributed by atoms with Crippen molar-refractivity contribution in [3.8, 4) is 5.75 Å². The van der Waals surface area contributed by atoms with Crippen molar-refractivity contribution in [3.05, 3.63) is 82.8 Å². The van der Waals surface area contributed by atoms with E-state index in [0.29, 0.717) is 34.4 Å². The highest BCUT2D eigenvalue weighted by Crippen LogP contribution is 2.29. The highest BCUT2D eigenvalue weighted by molar-refractivity contribution is 6.31. The van der Waals surface area contributed by atoms with Crippen LogP contribution in [-0.4, -0.2) is 53.9 Å². The van der Waals surface area contributed by atoms with Gasteiger partial charge in [-0.2, -0.15) is 0 Å². The Morgan fingerprint density at radius 1 is 1.11 bits per heavy atom. The maximum atomic E-state index is 13.4. The summed E-state index contributed by atoms with van der Waals surface area (Å²) in [4.78, 5) is 43.8. The number of ether oxygens (including phenoxy) is 1. The fourth-order valence-corrected chi connectivity index (χ4v) is 4.25. The lowest BCUT2D eigenvalue weighted by atomic mass is 10.2. The van der Waals surface area contributed by atoms with Crippen LogP contribution in [-0.2, 0) is 16.1 Å². The molecule has 2 heterocycles. The van der Waals surface area contributed by atoms with Gasteiger partial charge in [-0.15, -0.1) is 0 Å². The number of hydrogen-bond donors (Lipinski definition) is 0. The Morgan fingerprint density at radius 3 is 2.59 bits per heavy atom. The van der Waals surface area contributed by atoms with Crippen LogP contribution in [0.1, 0.15) is 41.4 Å². The van der Waals surface area contributed by atoms with Gasteiger partial charge in [-0.1, -0.05) is 31.0 Å². The van der Waals surface area contributed by atoms with E-state index in [1.54, 1.807) is 54.6 Å². The molecule has 1 aliphatic heterocycles. The second kappa shape index (κ2) is 12.0. The summed E-state index contributed by atoms with van der Waals surface area (Å²) in [5.74, 6) is 0.370. The summed E-state index contributed by atoms with van der Waals surface area (Å²) in [7, 11) is 0. The molecule has 37 heavy (non-hydrogen) atoms. The van der Waals surface area contributed by atoms with E-state index in [9.17, 15) is 14.4 Å². The SMILES string of the molecule is CCCCOc1ccc(C(=O)N(CC(=O)N2CC(=O)N(c3cccc(Cl)c3C)C2)Cc2ccco2)cc1. The maximum absolute atomic E-state index is 13.4. The standard InChI is InChI=1S/C28H30ClN3O5/c1-3-4-14-36-22-12-10-21(11-13-22)28(35)30(16-23-7-6-15-37-23)17-26(33)31-18-27(34)32(19-31)25-9-5-8-24(29)20(25)2/h5-13,15H,3-4,14,16-19H2,1-2H3. The molecule has 4 rings (SSSR count). The number of unbranched alkanes of at least 4 members (excludes halogenated alkanes) is 1. The molecule has 0 unspecified atom stereocenters. The zero-order valence-electron chi connectivity index (χ0n) is 21.0. The lowest BCUT2D eigenvalue weighted by molar-refractivity contribution is -0.132. The lowest BCUT2D eigenvalue weighted by Crippen LogP contribution is -2.42. The van der Waals surface area contributed by atoms with Crippen LogP contribution in [0.2, 0.25) is 5.02 Å². The Balaban J connectivity index is 1.47. The Hall–Kier alpha value is -3.78. The molecule has 0 N–H and O–H groups in total. The van der Waals surface area contributed by atoms with Gasteiger partial charge in [0.15, 0.2) is 0 Å². The summed E-state index contributed by atoms with van der Waals surface area (Å²) < 4.78 is 11.1. The minimum atomic E-state index is -0.338. The molecule has 0 spiro atoms. The van der Waals surface area contributed by atoms with Gasteiger partial charge in [0.25, 0.3) is 5.91 Å². The Morgan fingerprint density at radius 2 is 1.89 bits per heavy atom. The van der Waals surface area contributed by atoms with Crippen LogP contribution in [0, 0.1) is 6.92 Å². The second-order valence-corrected chi connectivity index (χ2v) is 9.31. The van der Waals surface area contributed by atoms with E-state index >= 15 is 0 Å². The van der Waals surface area contributed by atoms with E-state index in [0.717, 1.165) is 18.4 Å². The van der Waals surface area contributed by atoms with Crippen molar-refractivity contribution in [1.82, 2.24) is 9.80 Å². The molecular formula is C28H30ClN3O5. The molecule has 194 valence electrons. The molecule has 8 nitrogen and oxygen atoms in total. The Kier molecular flexibility index (Phi) is 8.50. The number of rotatable bonds is 10. The van der Waals surface area contributed by atoms with Crippen LogP contribution in [0.25, 0.3) is 0 Å². The molecule has 0 atom stereocenters. The third kappa shape index (κ3) is 6.32. The van der Waals surface area contributed by atoms with E-state index in [2.05, 4.69) is 6.92 Å². The Labute approximate surface area is 221 Å². The predicted octanol–water partition coefficient (Wildman–Crippen LogP) is 4.90. The number of anilines is 1. The zero-order valence-corrected chi connectivity index (χ0v) is 21.7. The molecule has 0 aliphatic carbocycles. The second-order valence-electron chi connectivity index (χ2n) is 8.91. The summed E-state index contributed by atoms with van der Waals surface area (Å²) in [6.07, 6.45) is 3.50. The monoisotopic (exact) mass is 523 g/mol. The topological polar surface area (TPSA) is 83.3 Å². The fraction of sp³-hybridized carbons (Fsp3) is 0.321. The smallest absolute Gasteiger partial charge is 0.254 e. The van der Waals surface area contributed by atoms with Gasteiger partial charge in [-0.3, -0.25) is 19.3 Å². The molecule has 3 aromatic rings. The first-order chi connectivity index (χ1) is 17.9. The Bertz CT molecular complexity index is 1240. The molecule has 9 heteroatoms. The van der Waals surface area contributed by atoms with E-state index < -0.39 is 0 Å². The fourth-order valence-electron chi connectivity index (χ4n) is 4.08. The number of amides is 3. The highest BCUT2D eigenvalue weighted by atomic mass is 35.5. The van der Waals surface area contributed by atoms with Crippen LogP contribution in [0.3, 0.4) is 0 Å². The number of nitrogens with zero attached hydrogens (tertiary/aromatic N) is 3. The molecule has 1 aliphatic rings. The van der Waals surface area contributed by atoms with Gasteiger partial charge in [0, 0.05) is 16.3 Å². The third-order valence-electron chi connectivity index (χ3n) is 6.23. The molecule has 3 amide bonds. The van der Waals surface area contributed by atoms with Gasteiger partial charge in [0.1, 0.15) is 31.3 Å². The highest BCUT2D eigenvalue weighted by Gasteiger charge is 2.34. The minimum Gasteiger partial charge on any atom is -0.494 e. The molecule has 0 saturated carbocycles. The van der Waals surface area contributed by atoms with Crippen LogP contribution in [0.5, 0.6) is 5.75 Å². The number of halogens is 1. The molecular weight excluding hydrogens is 494 g/mol. The van der Waals surface area contributed by atoms with Crippen molar-refractivity contribution in [3.63, 3.8) is 0 Å². The van der Waals surface area contributed by atoms with Gasteiger partial charge in [0.05, 0.1) is 19.4 Å². The number of benzene rings is 2. The van der Waals surface area contributed by atoms with E-state index in [-0.39, 0.29) is 44.0 Å². The summed E-state index contributed by atoms with van der Waals surface area (Å²) in [6.45, 7) is 4.47. The van der Waals surface area contributed by atoms with Crippen molar-refractivity contribution >= 4 is 35.0 Å². The van der Waals surface area contributed by atoms with E-state index in [1.807, 2.05) is 6.92 Å². The number of hydrogen-bond acceptors (Lipinski definition) is 5. The summed E-state index contributed by atoms with van der Waals surface area (Å²) in [6, 6.07) is 15.7. The molecule has 2 aromatic carbocycles. The third-order valence-corrected chi connectivity index (χ3v) is 6.64. The van der Waals surface area contributed by atoms with Crippen LogP contribution in [0.15, 0.2) is 65.3 Å². The van der Waals surface area contributed by atoms with Gasteiger partial charge < -0.3 is 19.0 Å². The summed E-state index contributed by atoms with van der Waals surface area (Å²) >= 11 is 6.23. The lowest BCUT2D eigenvalue weighted by Gasteiger charge is -2.25. The quantitative estimate of drug-likeness (QED) is 0.353. The van der Waals surface area contributed by atoms with Crippen molar-refractivity contribution in [2.45, 2.75) is 33.2 Å². The normalized spacial score (nSPS) is 13.2. The number of carbonyl (C=O) groups excluding carboxylic acids is 3. The van der Waals surface area contributed by atoms with Gasteiger partial charge in [-0.05, 0) is 67.4 Å². The predicted molar refractivity (Wildman–Crippen MR) is 141 cm³/mol. The molecule has 1 fully saturated rings. The van der Waals surface area contributed by atoms with Gasteiger partial charge in [0.2, 0.25) is 11.8 Å². The van der Waals surface area contributed by atoms with Crippen molar-refractivity contribution in [2.75, 3.05) is 31.3 Å². The molecule has 0 radical (unpaired) electrons. The van der Waals surface area contributed by atoms with Crippen LogP contribution < -0.4 is 9.64 Å². The van der Waals surface area contributed by atoms with Crippen molar-refractivity contribution in [1.29, 1.82) is 0 Å². The van der Waals surface area contributed by atoms with E-state index in [4.69, 9.17) is 20.8 Å². The van der Waals surface area contributed by atoms with Crippen molar-refractivity contribution < 1.29 is 23.5 Å². The first-order valence-corrected chi connectivity index (χ1v) is 12.6. The van der Waals surface area contributed by atoms with E-state index in [1.165, 1.54) is 21.0 Å². The van der Waals surface area contributed by atoms with Crippen molar-refractivity contribution in [2.24, 2.45) is 0 Å². The summed E-state index contributed by atoms with van der Waals surface area (Å²) in [5.41, 5.74) is 1.86.